The maximum atomic E-state index is 12.5. The predicted octanol–water partition coefficient (Wildman–Crippen LogP) is 4.18. The normalized spacial score (nSPS) is 16.6. The molecule has 1 aliphatic carbocycles. The zero-order valence-electron chi connectivity index (χ0n) is 15.4. The maximum Gasteiger partial charge on any atom is 0.238 e. The molecule has 1 amide bonds. The van der Waals surface area contributed by atoms with E-state index in [9.17, 15) is 4.79 Å². The van der Waals surface area contributed by atoms with Crippen molar-refractivity contribution in [3.05, 3.63) is 12.3 Å². The molecule has 26 heavy (non-hydrogen) atoms. The number of carbonyl (C=O) groups is 1. The Bertz CT molecular complexity index is 722. The second kappa shape index (κ2) is 8.85. The Kier molecular flexibility index (Phi) is 6.53. The van der Waals surface area contributed by atoms with Crippen LogP contribution in [0.3, 0.4) is 0 Å². The topological polar surface area (TPSA) is 84.7 Å². The summed E-state index contributed by atoms with van der Waals surface area (Å²) in [7, 11) is 0. The Morgan fingerprint density at radius 1 is 1.27 bits per heavy atom. The maximum absolute atomic E-state index is 12.5. The lowest BCUT2D eigenvalue weighted by Gasteiger charge is -2.21. The van der Waals surface area contributed by atoms with Crippen LogP contribution in [0.15, 0.2) is 16.6 Å². The summed E-state index contributed by atoms with van der Waals surface area (Å²) in [5, 5.41) is 19.7. The van der Waals surface area contributed by atoms with E-state index in [-0.39, 0.29) is 17.2 Å². The number of thioether (sulfide) groups is 1. The lowest BCUT2D eigenvalue weighted by Crippen LogP contribution is -2.24. The van der Waals surface area contributed by atoms with Crippen LogP contribution in [0.2, 0.25) is 0 Å². The van der Waals surface area contributed by atoms with Crippen LogP contribution in [0.25, 0.3) is 0 Å². The quantitative estimate of drug-likeness (QED) is 0.685. The molecule has 2 aromatic rings. The lowest BCUT2D eigenvalue weighted by molar-refractivity contribution is -0.115. The molecule has 0 aliphatic heterocycles. The molecule has 3 rings (SSSR count). The molecule has 0 radical (unpaired) electrons. The number of nitrogens with zero attached hydrogens (tertiary/aromatic N) is 4. The molecule has 0 bridgehead atoms. The van der Waals surface area contributed by atoms with Crippen molar-refractivity contribution in [1.29, 1.82) is 0 Å². The highest BCUT2D eigenvalue weighted by atomic mass is 32.2. The summed E-state index contributed by atoms with van der Waals surface area (Å²) < 4.78 is 2.61. The Morgan fingerprint density at radius 2 is 2.04 bits per heavy atom. The van der Waals surface area contributed by atoms with Crippen molar-refractivity contribution in [3.63, 3.8) is 0 Å². The summed E-state index contributed by atoms with van der Waals surface area (Å²) in [6, 6.07) is 2.51. The second-order valence-electron chi connectivity index (χ2n) is 6.86. The van der Waals surface area contributed by atoms with E-state index < -0.39 is 0 Å². The zero-order chi connectivity index (χ0) is 18.5. The van der Waals surface area contributed by atoms with Crippen molar-refractivity contribution in [3.8, 4) is 0 Å². The number of hydrogen-bond acceptors (Lipinski definition) is 7. The summed E-state index contributed by atoms with van der Waals surface area (Å²) in [6.07, 6.45) is 7.98. The van der Waals surface area contributed by atoms with Gasteiger partial charge in [-0.2, -0.15) is 5.10 Å². The van der Waals surface area contributed by atoms with Gasteiger partial charge in [0.05, 0.1) is 11.4 Å². The van der Waals surface area contributed by atoms with Crippen molar-refractivity contribution in [2.75, 3.05) is 10.6 Å². The largest absolute Gasteiger partial charge is 0.357 e. The van der Waals surface area contributed by atoms with Gasteiger partial charge in [0.2, 0.25) is 11.0 Å². The van der Waals surface area contributed by atoms with Gasteiger partial charge in [0.25, 0.3) is 0 Å². The summed E-state index contributed by atoms with van der Waals surface area (Å²) in [6.45, 7) is 5.94. The molecule has 1 saturated carbocycles. The van der Waals surface area contributed by atoms with Crippen LogP contribution in [0.5, 0.6) is 0 Å². The minimum Gasteiger partial charge on any atom is -0.357 e. The van der Waals surface area contributed by atoms with Gasteiger partial charge in [-0.25, -0.2) is 4.68 Å². The minimum atomic E-state index is -0.263. The first-order valence-corrected chi connectivity index (χ1v) is 10.8. The summed E-state index contributed by atoms with van der Waals surface area (Å²) >= 11 is 2.95. The number of anilines is 2. The van der Waals surface area contributed by atoms with Gasteiger partial charge in [-0.15, -0.1) is 10.2 Å². The highest BCUT2D eigenvalue weighted by molar-refractivity contribution is 8.02. The summed E-state index contributed by atoms with van der Waals surface area (Å²) in [5.41, 5.74) is 0. The van der Waals surface area contributed by atoms with E-state index in [4.69, 9.17) is 0 Å². The fourth-order valence-electron chi connectivity index (χ4n) is 2.99. The van der Waals surface area contributed by atoms with E-state index in [1.807, 2.05) is 26.8 Å². The van der Waals surface area contributed by atoms with Crippen LogP contribution in [0.4, 0.5) is 10.9 Å². The first-order valence-electron chi connectivity index (χ1n) is 9.14. The van der Waals surface area contributed by atoms with Crippen LogP contribution in [-0.4, -0.2) is 37.2 Å². The summed E-state index contributed by atoms with van der Waals surface area (Å²) in [4.78, 5) is 12.5. The number of aromatic nitrogens is 4. The lowest BCUT2D eigenvalue weighted by atomic mass is 9.96. The summed E-state index contributed by atoms with van der Waals surface area (Å²) in [5.74, 6) is 0.656. The van der Waals surface area contributed by atoms with Crippen molar-refractivity contribution >= 4 is 40.0 Å². The minimum absolute atomic E-state index is 0.0608. The highest BCUT2D eigenvalue weighted by Crippen LogP contribution is 2.31. The molecule has 0 aromatic carbocycles. The number of carbonyl (C=O) groups excluding carboxylic acids is 1. The second-order valence-corrected chi connectivity index (χ2v) is 9.42. The molecule has 1 aliphatic rings. The Hall–Kier alpha value is -1.61. The monoisotopic (exact) mass is 394 g/mol. The van der Waals surface area contributed by atoms with Gasteiger partial charge in [-0.05, 0) is 33.6 Å². The third kappa shape index (κ3) is 4.97. The molecule has 142 valence electrons. The number of nitrogens with one attached hydrogen (secondary N) is 2. The third-order valence-electron chi connectivity index (χ3n) is 4.40. The van der Waals surface area contributed by atoms with Gasteiger partial charge < -0.3 is 10.6 Å². The van der Waals surface area contributed by atoms with Crippen LogP contribution >= 0.6 is 23.1 Å². The molecular weight excluding hydrogens is 368 g/mol. The van der Waals surface area contributed by atoms with Crippen LogP contribution in [0, 0.1) is 0 Å². The van der Waals surface area contributed by atoms with Gasteiger partial charge >= 0.3 is 0 Å². The number of rotatable bonds is 7. The van der Waals surface area contributed by atoms with Gasteiger partial charge in [0.1, 0.15) is 5.82 Å². The molecule has 2 aromatic heterocycles. The van der Waals surface area contributed by atoms with Crippen LogP contribution in [0.1, 0.15) is 58.9 Å². The smallest absolute Gasteiger partial charge is 0.238 e. The van der Waals surface area contributed by atoms with Crippen LogP contribution in [-0.2, 0) is 4.79 Å². The van der Waals surface area contributed by atoms with Crippen LogP contribution < -0.4 is 10.6 Å². The van der Waals surface area contributed by atoms with Crippen molar-refractivity contribution < 1.29 is 4.79 Å². The average molecular weight is 395 g/mol. The fourth-order valence-corrected chi connectivity index (χ4v) is 4.97. The van der Waals surface area contributed by atoms with Gasteiger partial charge in [0.15, 0.2) is 4.34 Å². The van der Waals surface area contributed by atoms with E-state index in [0.717, 1.165) is 15.3 Å². The zero-order valence-corrected chi connectivity index (χ0v) is 17.1. The Labute approximate surface area is 162 Å². The molecule has 1 fully saturated rings. The predicted molar refractivity (Wildman–Crippen MR) is 107 cm³/mol. The van der Waals surface area contributed by atoms with Gasteiger partial charge in [-0.3, -0.25) is 4.79 Å². The van der Waals surface area contributed by atoms with Crippen molar-refractivity contribution in [2.45, 2.75) is 74.5 Å². The van der Waals surface area contributed by atoms with Crippen molar-refractivity contribution in [1.82, 2.24) is 20.0 Å². The average Bonchev–Trinajstić information content (AvgIpc) is 3.25. The molecular formula is C17H26N6OS2. The third-order valence-corrected chi connectivity index (χ3v) is 6.44. The number of amides is 1. The number of hydrogen-bond donors (Lipinski definition) is 2. The van der Waals surface area contributed by atoms with Crippen molar-refractivity contribution in [2.24, 2.45) is 0 Å². The van der Waals surface area contributed by atoms with E-state index in [1.165, 1.54) is 55.2 Å². The Morgan fingerprint density at radius 3 is 2.77 bits per heavy atom. The SMILES string of the molecule is CC(Sc1nnc(NC2CCCCC2)s1)C(=O)Nc1ccnn1C(C)C. The molecule has 2 N–H and O–H groups in total. The molecule has 7 nitrogen and oxygen atoms in total. The highest BCUT2D eigenvalue weighted by Gasteiger charge is 2.20. The van der Waals surface area contributed by atoms with E-state index in [0.29, 0.717) is 6.04 Å². The molecule has 9 heteroatoms. The first-order chi connectivity index (χ1) is 12.5. The molecule has 0 spiro atoms. The van der Waals surface area contributed by atoms with Gasteiger partial charge in [0, 0.05) is 18.2 Å². The van der Waals surface area contributed by atoms with E-state index in [2.05, 4.69) is 25.9 Å². The Balaban J connectivity index is 1.53. The molecule has 1 unspecified atom stereocenters. The van der Waals surface area contributed by atoms with E-state index >= 15 is 0 Å². The first kappa shape index (κ1) is 19.2. The standard InChI is InChI=1S/C17H26N6OS2/c1-11(2)23-14(9-10-18-23)20-15(24)12(3)25-17-22-21-16(26-17)19-13-7-5-4-6-8-13/h9-13H,4-8H2,1-3H3,(H,19,21)(H,20,24). The molecule has 0 saturated heterocycles. The van der Waals surface area contributed by atoms with Gasteiger partial charge in [-0.1, -0.05) is 42.4 Å². The van der Waals surface area contributed by atoms with E-state index in [1.54, 1.807) is 10.9 Å². The fraction of sp³-hybridized carbons (Fsp3) is 0.647. The molecule has 1 atom stereocenters. The molecule has 2 heterocycles.